The molecule has 102 valence electrons. The van der Waals surface area contributed by atoms with E-state index in [1.807, 2.05) is 19.9 Å². The molecule has 0 bridgehead atoms. The van der Waals surface area contributed by atoms with Crippen LogP contribution in [-0.4, -0.2) is 13.2 Å². The van der Waals surface area contributed by atoms with Gasteiger partial charge in [0.1, 0.15) is 11.1 Å². The first kappa shape index (κ1) is 14.1. The number of para-hydroxylation sites is 1. The minimum absolute atomic E-state index is 0.212. The van der Waals surface area contributed by atoms with Crippen LogP contribution in [0.3, 0.4) is 0 Å². The van der Waals surface area contributed by atoms with Crippen LogP contribution < -0.4 is 5.63 Å². The Balaban J connectivity index is 2.61. The number of halogens is 1. The molecule has 1 aromatic heterocycles. The Morgan fingerprint density at radius 1 is 1.21 bits per heavy atom. The summed E-state index contributed by atoms with van der Waals surface area (Å²) in [5.74, 6) is 0. The SMILES string of the molecule is CCOC(OCC)c1c(Cl)c2ccccc2oc1=O. The van der Waals surface area contributed by atoms with E-state index in [2.05, 4.69) is 0 Å². The van der Waals surface area contributed by atoms with Gasteiger partial charge >= 0.3 is 5.63 Å². The molecule has 19 heavy (non-hydrogen) atoms. The van der Waals surface area contributed by atoms with Crippen LogP contribution in [0.15, 0.2) is 33.5 Å². The lowest BCUT2D eigenvalue weighted by Gasteiger charge is -2.17. The number of ether oxygens (including phenoxy) is 2. The van der Waals surface area contributed by atoms with Crippen LogP contribution in [0.4, 0.5) is 0 Å². The topological polar surface area (TPSA) is 48.7 Å². The van der Waals surface area contributed by atoms with Crippen LogP contribution in [0.25, 0.3) is 11.0 Å². The molecule has 0 aliphatic heterocycles. The zero-order valence-electron chi connectivity index (χ0n) is 10.8. The highest BCUT2D eigenvalue weighted by Gasteiger charge is 2.22. The van der Waals surface area contributed by atoms with Crippen molar-refractivity contribution in [2.45, 2.75) is 20.1 Å². The second-order valence-corrected chi connectivity index (χ2v) is 4.23. The Labute approximate surface area is 115 Å². The third-order valence-electron chi connectivity index (χ3n) is 2.65. The second-order valence-electron chi connectivity index (χ2n) is 3.86. The molecule has 2 rings (SSSR count). The molecule has 1 heterocycles. The fraction of sp³-hybridized carbons (Fsp3) is 0.357. The maximum Gasteiger partial charge on any atom is 0.346 e. The standard InChI is InChI=1S/C14H15ClO4/c1-3-17-14(18-4-2)11-12(15)9-7-5-6-8-10(9)19-13(11)16/h5-8,14H,3-4H2,1-2H3. The molecule has 0 saturated carbocycles. The van der Waals surface area contributed by atoms with Crippen molar-refractivity contribution < 1.29 is 13.9 Å². The Morgan fingerprint density at radius 2 is 1.84 bits per heavy atom. The Hall–Kier alpha value is -1.36. The van der Waals surface area contributed by atoms with Crippen molar-refractivity contribution in [2.75, 3.05) is 13.2 Å². The summed E-state index contributed by atoms with van der Waals surface area (Å²) in [6.07, 6.45) is -0.802. The average Bonchev–Trinajstić information content (AvgIpc) is 2.39. The van der Waals surface area contributed by atoms with Crippen LogP contribution in [-0.2, 0) is 9.47 Å². The van der Waals surface area contributed by atoms with E-state index in [0.29, 0.717) is 29.2 Å². The normalized spacial score (nSPS) is 11.4. The Morgan fingerprint density at radius 3 is 2.47 bits per heavy atom. The number of rotatable bonds is 5. The van der Waals surface area contributed by atoms with Gasteiger partial charge in [-0.15, -0.1) is 0 Å². The summed E-state index contributed by atoms with van der Waals surface area (Å²) < 4.78 is 16.1. The number of hydrogen-bond acceptors (Lipinski definition) is 4. The van der Waals surface area contributed by atoms with Crippen molar-refractivity contribution in [3.05, 3.63) is 45.3 Å². The third kappa shape index (κ3) is 2.81. The maximum atomic E-state index is 12.0. The predicted molar refractivity (Wildman–Crippen MR) is 73.5 cm³/mol. The van der Waals surface area contributed by atoms with Crippen molar-refractivity contribution in [3.63, 3.8) is 0 Å². The molecular weight excluding hydrogens is 268 g/mol. The van der Waals surface area contributed by atoms with Crippen LogP contribution in [0, 0.1) is 0 Å². The van der Waals surface area contributed by atoms with Crippen molar-refractivity contribution in [1.29, 1.82) is 0 Å². The highest BCUT2D eigenvalue weighted by Crippen LogP contribution is 2.30. The van der Waals surface area contributed by atoms with E-state index >= 15 is 0 Å². The van der Waals surface area contributed by atoms with E-state index in [-0.39, 0.29) is 5.56 Å². The van der Waals surface area contributed by atoms with E-state index in [4.69, 9.17) is 25.5 Å². The lowest BCUT2D eigenvalue weighted by atomic mass is 10.2. The largest absolute Gasteiger partial charge is 0.422 e. The smallest absolute Gasteiger partial charge is 0.346 e. The van der Waals surface area contributed by atoms with Gasteiger partial charge in [0.05, 0.1) is 5.02 Å². The molecule has 4 nitrogen and oxygen atoms in total. The van der Waals surface area contributed by atoms with Crippen molar-refractivity contribution in [3.8, 4) is 0 Å². The summed E-state index contributed by atoms with van der Waals surface area (Å²) in [7, 11) is 0. The molecule has 0 radical (unpaired) electrons. The molecule has 0 atom stereocenters. The van der Waals surface area contributed by atoms with Crippen LogP contribution in [0.2, 0.25) is 5.02 Å². The van der Waals surface area contributed by atoms with Gasteiger partial charge in [-0.3, -0.25) is 0 Å². The van der Waals surface area contributed by atoms with Crippen molar-refractivity contribution in [2.24, 2.45) is 0 Å². The summed E-state index contributed by atoms with van der Waals surface area (Å²) in [4.78, 5) is 12.0. The Kier molecular flexibility index (Phi) is 4.58. The van der Waals surface area contributed by atoms with Crippen LogP contribution in [0.1, 0.15) is 25.7 Å². The fourth-order valence-corrected chi connectivity index (χ4v) is 2.17. The molecule has 0 fully saturated rings. The molecule has 5 heteroatoms. The first-order chi connectivity index (χ1) is 9.19. The summed E-state index contributed by atoms with van der Waals surface area (Å²) in [6, 6.07) is 7.10. The van der Waals surface area contributed by atoms with Crippen molar-refractivity contribution >= 4 is 22.6 Å². The predicted octanol–water partition coefficient (Wildman–Crippen LogP) is 3.52. The van der Waals surface area contributed by atoms with E-state index in [1.54, 1.807) is 18.2 Å². The molecule has 2 aromatic rings. The van der Waals surface area contributed by atoms with Crippen molar-refractivity contribution in [1.82, 2.24) is 0 Å². The zero-order valence-corrected chi connectivity index (χ0v) is 11.6. The van der Waals surface area contributed by atoms with Crippen LogP contribution >= 0.6 is 11.6 Å². The monoisotopic (exact) mass is 282 g/mol. The summed E-state index contributed by atoms with van der Waals surface area (Å²) >= 11 is 6.29. The number of fused-ring (bicyclic) bond motifs is 1. The Bertz CT molecular complexity index is 614. The first-order valence-electron chi connectivity index (χ1n) is 6.13. The quantitative estimate of drug-likeness (QED) is 0.622. The summed E-state index contributed by atoms with van der Waals surface area (Å²) in [5, 5.41) is 0.988. The van der Waals surface area contributed by atoms with Gasteiger partial charge in [0.25, 0.3) is 0 Å². The molecule has 0 unspecified atom stereocenters. The first-order valence-corrected chi connectivity index (χ1v) is 6.51. The second kappa shape index (κ2) is 6.19. The minimum Gasteiger partial charge on any atom is -0.422 e. The van der Waals surface area contributed by atoms with Crippen LogP contribution in [0.5, 0.6) is 0 Å². The minimum atomic E-state index is -0.802. The summed E-state index contributed by atoms with van der Waals surface area (Å²) in [6.45, 7) is 4.46. The van der Waals surface area contributed by atoms with Gasteiger partial charge in [0.15, 0.2) is 6.29 Å². The molecule has 0 saturated heterocycles. The van der Waals surface area contributed by atoms with Gasteiger partial charge in [-0.1, -0.05) is 23.7 Å². The lowest BCUT2D eigenvalue weighted by Crippen LogP contribution is -2.18. The molecule has 0 aliphatic rings. The average molecular weight is 283 g/mol. The van der Waals surface area contributed by atoms with Gasteiger partial charge in [-0.25, -0.2) is 4.79 Å². The van der Waals surface area contributed by atoms with Gasteiger partial charge in [-0.05, 0) is 26.0 Å². The van der Waals surface area contributed by atoms with E-state index in [1.165, 1.54) is 0 Å². The molecule has 0 spiro atoms. The third-order valence-corrected chi connectivity index (χ3v) is 3.06. The van der Waals surface area contributed by atoms with E-state index in [9.17, 15) is 4.79 Å². The molecule has 1 aromatic carbocycles. The molecule has 0 aliphatic carbocycles. The lowest BCUT2D eigenvalue weighted by molar-refractivity contribution is -0.141. The molecule has 0 amide bonds. The maximum absolute atomic E-state index is 12.0. The fourth-order valence-electron chi connectivity index (χ4n) is 1.84. The molecule has 0 N–H and O–H groups in total. The van der Waals surface area contributed by atoms with Gasteiger partial charge in [0.2, 0.25) is 0 Å². The van der Waals surface area contributed by atoms with E-state index < -0.39 is 11.9 Å². The van der Waals surface area contributed by atoms with Gasteiger partial charge < -0.3 is 13.9 Å². The zero-order chi connectivity index (χ0) is 13.8. The highest BCUT2D eigenvalue weighted by atomic mass is 35.5. The number of hydrogen-bond donors (Lipinski definition) is 0. The van der Waals surface area contributed by atoms with Gasteiger partial charge in [-0.2, -0.15) is 0 Å². The molecular formula is C14H15ClO4. The van der Waals surface area contributed by atoms with E-state index in [0.717, 1.165) is 0 Å². The van der Waals surface area contributed by atoms with Gasteiger partial charge in [0, 0.05) is 18.6 Å². The highest BCUT2D eigenvalue weighted by molar-refractivity contribution is 6.36. The summed E-state index contributed by atoms with van der Waals surface area (Å²) in [5.41, 5.74) is 0.132. The number of benzene rings is 1.